The predicted octanol–water partition coefficient (Wildman–Crippen LogP) is 2.69. The van der Waals surface area contributed by atoms with Crippen LogP contribution in [0.2, 0.25) is 0 Å². The number of aryl methyl sites for hydroxylation is 1. The van der Waals surface area contributed by atoms with Gasteiger partial charge in [-0.05, 0) is 36.5 Å². The average Bonchev–Trinajstić information content (AvgIpc) is 2.85. The van der Waals surface area contributed by atoms with Crippen molar-refractivity contribution in [2.75, 3.05) is 39.4 Å². The molecule has 2 heterocycles. The van der Waals surface area contributed by atoms with E-state index in [0.29, 0.717) is 32.5 Å². The van der Waals surface area contributed by atoms with Gasteiger partial charge in [0.1, 0.15) is 0 Å². The zero-order chi connectivity index (χ0) is 24.0. The molecule has 0 aromatic heterocycles. The molecular formula is C26H35N3O4S. The van der Waals surface area contributed by atoms with E-state index in [1.165, 1.54) is 9.87 Å². The highest BCUT2D eigenvalue weighted by Gasteiger charge is 2.31. The van der Waals surface area contributed by atoms with E-state index in [2.05, 4.69) is 34.5 Å². The van der Waals surface area contributed by atoms with Crippen molar-refractivity contribution in [1.82, 2.24) is 14.5 Å². The van der Waals surface area contributed by atoms with Crippen molar-refractivity contribution in [2.24, 2.45) is 5.92 Å². The van der Waals surface area contributed by atoms with E-state index in [4.69, 9.17) is 4.74 Å². The molecule has 0 aliphatic carbocycles. The summed E-state index contributed by atoms with van der Waals surface area (Å²) in [6.07, 6.45) is 1.11. The van der Waals surface area contributed by atoms with Gasteiger partial charge in [0.05, 0.1) is 19.0 Å². The van der Waals surface area contributed by atoms with Gasteiger partial charge < -0.3 is 10.1 Å². The van der Waals surface area contributed by atoms with Crippen molar-refractivity contribution in [3.05, 3.63) is 70.8 Å². The summed E-state index contributed by atoms with van der Waals surface area (Å²) in [5.74, 6) is -0.134. The number of hydrogen-bond acceptors (Lipinski definition) is 5. The van der Waals surface area contributed by atoms with E-state index in [1.807, 2.05) is 31.2 Å². The van der Waals surface area contributed by atoms with Crippen LogP contribution in [-0.4, -0.2) is 62.9 Å². The van der Waals surface area contributed by atoms with Gasteiger partial charge in [-0.3, -0.25) is 9.69 Å². The predicted molar refractivity (Wildman–Crippen MR) is 132 cm³/mol. The van der Waals surface area contributed by atoms with Gasteiger partial charge >= 0.3 is 0 Å². The minimum Gasteiger partial charge on any atom is -0.379 e. The molecule has 34 heavy (non-hydrogen) atoms. The molecule has 0 spiro atoms. The molecule has 1 N–H and O–H groups in total. The van der Waals surface area contributed by atoms with Crippen molar-refractivity contribution in [3.63, 3.8) is 0 Å². The summed E-state index contributed by atoms with van der Waals surface area (Å²) in [5.41, 5.74) is 4.23. The van der Waals surface area contributed by atoms with Gasteiger partial charge in [-0.15, -0.1) is 0 Å². The minimum absolute atomic E-state index is 0.00563. The summed E-state index contributed by atoms with van der Waals surface area (Å²) >= 11 is 0. The molecule has 0 unspecified atom stereocenters. The van der Waals surface area contributed by atoms with Crippen LogP contribution < -0.4 is 5.32 Å². The number of ether oxygens (including phenoxy) is 1. The minimum atomic E-state index is -3.38. The number of rotatable bonds is 8. The molecule has 0 atom stereocenters. The lowest BCUT2D eigenvalue weighted by molar-refractivity contribution is -0.126. The first kappa shape index (κ1) is 24.9. The van der Waals surface area contributed by atoms with E-state index >= 15 is 0 Å². The molecule has 2 aliphatic heterocycles. The van der Waals surface area contributed by atoms with Gasteiger partial charge in [0.2, 0.25) is 15.9 Å². The molecule has 2 aromatic carbocycles. The molecule has 1 amide bonds. The number of piperidine rings is 1. The first-order chi connectivity index (χ1) is 16.4. The lowest BCUT2D eigenvalue weighted by atomic mass is 9.97. The molecule has 2 fully saturated rings. The molecule has 4 rings (SSSR count). The molecule has 2 aliphatic rings. The Morgan fingerprint density at radius 1 is 0.912 bits per heavy atom. The van der Waals surface area contributed by atoms with E-state index in [0.717, 1.165) is 49.5 Å². The van der Waals surface area contributed by atoms with Crippen LogP contribution in [0, 0.1) is 12.8 Å². The SMILES string of the molecule is Cc1ccc(CS(=O)(=O)N2CCC(C(=O)NCc3ccc(CN4CCOCC4)cc3)CC2)cc1. The van der Waals surface area contributed by atoms with Gasteiger partial charge in [-0.25, -0.2) is 12.7 Å². The van der Waals surface area contributed by atoms with Crippen LogP contribution in [0.4, 0.5) is 0 Å². The van der Waals surface area contributed by atoms with Crippen molar-refractivity contribution in [3.8, 4) is 0 Å². The second kappa shape index (κ2) is 11.4. The Hall–Kier alpha value is -2.26. The summed E-state index contributed by atoms with van der Waals surface area (Å²) in [5, 5.41) is 3.03. The van der Waals surface area contributed by atoms with Crippen LogP contribution >= 0.6 is 0 Å². The van der Waals surface area contributed by atoms with Crippen LogP contribution in [0.25, 0.3) is 0 Å². The van der Waals surface area contributed by atoms with Crippen LogP contribution in [0.1, 0.15) is 35.1 Å². The molecule has 8 heteroatoms. The topological polar surface area (TPSA) is 79.0 Å². The number of carbonyl (C=O) groups excluding carboxylic acids is 1. The summed E-state index contributed by atoms with van der Waals surface area (Å²) in [4.78, 5) is 15.1. The molecule has 0 bridgehead atoms. The summed E-state index contributed by atoms with van der Waals surface area (Å²) in [7, 11) is -3.38. The zero-order valence-electron chi connectivity index (χ0n) is 19.9. The van der Waals surface area contributed by atoms with Crippen LogP contribution in [0.15, 0.2) is 48.5 Å². The number of benzene rings is 2. The third-order valence-corrected chi connectivity index (χ3v) is 8.54. The summed E-state index contributed by atoms with van der Waals surface area (Å²) < 4.78 is 32.5. The third-order valence-electron chi connectivity index (χ3n) is 6.69. The highest BCUT2D eigenvalue weighted by molar-refractivity contribution is 7.88. The molecule has 184 valence electrons. The fraction of sp³-hybridized carbons (Fsp3) is 0.500. The highest BCUT2D eigenvalue weighted by Crippen LogP contribution is 2.22. The lowest BCUT2D eigenvalue weighted by Crippen LogP contribution is -2.43. The Morgan fingerprint density at radius 3 is 2.15 bits per heavy atom. The van der Waals surface area contributed by atoms with Gasteiger partial charge in [-0.2, -0.15) is 0 Å². The number of morpholine rings is 1. The van der Waals surface area contributed by atoms with Crippen LogP contribution in [-0.2, 0) is 38.4 Å². The molecule has 0 saturated carbocycles. The number of nitrogens with zero attached hydrogens (tertiary/aromatic N) is 2. The smallest absolute Gasteiger partial charge is 0.223 e. The van der Waals surface area contributed by atoms with Gasteiger partial charge in [0.15, 0.2) is 0 Å². The van der Waals surface area contributed by atoms with Gasteiger partial charge in [0, 0.05) is 45.2 Å². The third kappa shape index (κ3) is 6.88. The largest absolute Gasteiger partial charge is 0.379 e. The highest BCUT2D eigenvalue weighted by atomic mass is 32.2. The van der Waals surface area contributed by atoms with Crippen molar-refractivity contribution in [1.29, 1.82) is 0 Å². The standard InChI is InChI=1S/C26H35N3O4S/c1-21-2-4-24(5-3-21)20-34(31,32)29-12-10-25(11-13-29)26(30)27-18-22-6-8-23(9-7-22)19-28-14-16-33-17-15-28/h2-9,25H,10-20H2,1H3,(H,27,30). The van der Waals surface area contributed by atoms with Crippen LogP contribution in [0.5, 0.6) is 0 Å². The number of sulfonamides is 1. The van der Waals surface area contributed by atoms with Crippen molar-refractivity contribution < 1.29 is 17.9 Å². The fourth-order valence-electron chi connectivity index (χ4n) is 4.50. The maximum atomic E-state index is 12.8. The van der Waals surface area contributed by atoms with E-state index in [1.54, 1.807) is 0 Å². The lowest BCUT2D eigenvalue weighted by Gasteiger charge is -2.30. The number of carbonyl (C=O) groups is 1. The van der Waals surface area contributed by atoms with Crippen LogP contribution in [0.3, 0.4) is 0 Å². The molecular weight excluding hydrogens is 450 g/mol. The van der Waals surface area contributed by atoms with E-state index in [9.17, 15) is 13.2 Å². The quantitative estimate of drug-likeness (QED) is 0.622. The van der Waals surface area contributed by atoms with E-state index < -0.39 is 10.0 Å². The Morgan fingerprint density at radius 2 is 1.50 bits per heavy atom. The monoisotopic (exact) mass is 485 g/mol. The first-order valence-corrected chi connectivity index (χ1v) is 13.7. The maximum Gasteiger partial charge on any atom is 0.223 e. The normalized spacial score (nSPS) is 18.6. The Kier molecular flexibility index (Phi) is 8.37. The molecule has 2 aromatic rings. The second-order valence-electron chi connectivity index (χ2n) is 9.34. The van der Waals surface area contributed by atoms with E-state index in [-0.39, 0.29) is 17.6 Å². The molecule has 2 saturated heterocycles. The number of nitrogens with one attached hydrogen (secondary N) is 1. The fourth-order valence-corrected chi connectivity index (χ4v) is 6.06. The Labute approximate surface area is 203 Å². The summed E-state index contributed by atoms with van der Waals surface area (Å²) in [6.45, 7) is 7.68. The molecule has 7 nitrogen and oxygen atoms in total. The number of amides is 1. The van der Waals surface area contributed by atoms with Crippen molar-refractivity contribution in [2.45, 2.75) is 38.6 Å². The Bertz CT molecular complexity index is 1040. The average molecular weight is 486 g/mol. The second-order valence-corrected chi connectivity index (χ2v) is 11.3. The maximum absolute atomic E-state index is 12.8. The molecule has 0 radical (unpaired) electrons. The zero-order valence-corrected chi connectivity index (χ0v) is 20.7. The van der Waals surface area contributed by atoms with Gasteiger partial charge in [0.25, 0.3) is 0 Å². The number of hydrogen-bond donors (Lipinski definition) is 1. The Balaban J connectivity index is 1.21. The first-order valence-electron chi connectivity index (χ1n) is 12.1. The van der Waals surface area contributed by atoms with Crippen molar-refractivity contribution >= 4 is 15.9 Å². The van der Waals surface area contributed by atoms with Gasteiger partial charge in [-0.1, -0.05) is 54.1 Å². The summed E-state index contributed by atoms with van der Waals surface area (Å²) in [6, 6.07) is 16.0.